The molecule has 0 N–H and O–H groups in total. The van der Waals surface area contributed by atoms with Gasteiger partial charge in [-0.05, 0) is 53.4 Å². The fourth-order valence-corrected chi connectivity index (χ4v) is 12.5. The molecule has 29 heavy (non-hydrogen) atoms. The summed E-state index contributed by atoms with van der Waals surface area (Å²) in [5, 5.41) is 1.77. The second kappa shape index (κ2) is 14.0. The van der Waals surface area contributed by atoms with E-state index in [-0.39, 0.29) is 36.1 Å². The van der Waals surface area contributed by atoms with E-state index in [0.29, 0.717) is 22.6 Å². The number of ether oxygens (including phenoxy) is 1. The predicted octanol–water partition coefficient (Wildman–Crippen LogP) is 1.46. The van der Waals surface area contributed by atoms with E-state index < -0.39 is 23.4 Å². The third kappa shape index (κ3) is 7.47. The minimum absolute atomic E-state index is 0. The number of rotatable bonds is 2. The maximum Gasteiger partial charge on any atom is 0.762 e. The van der Waals surface area contributed by atoms with Gasteiger partial charge in [0.2, 0.25) is 10.6 Å². The Morgan fingerprint density at radius 3 is 1.31 bits per heavy atom. The van der Waals surface area contributed by atoms with Gasteiger partial charge >= 0.3 is 19.5 Å². The van der Waals surface area contributed by atoms with E-state index in [9.17, 15) is 22.5 Å². The van der Waals surface area contributed by atoms with Crippen molar-refractivity contribution in [2.24, 2.45) is 0 Å². The second-order valence-corrected chi connectivity index (χ2v) is 14.1. The maximum absolute atomic E-state index is 12.4. The van der Waals surface area contributed by atoms with Crippen molar-refractivity contribution in [2.75, 3.05) is 0 Å². The molecule has 0 aromatic rings. The summed E-state index contributed by atoms with van der Waals surface area (Å²) in [6.45, 7) is 9.80. The zero-order valence-electron chi connectivity index (χ0n) is 17.7. The Morgan fingerprint density at radius 2 is 1.10 bits per heavy atom. The summed E-state index contributed by atoms with van der Waals surface area (Å²) in [5.41, 5.74) is 2.34. The van der Waals surface area contributed by atoms with Gasteiger partial charge in [0.05, 0.1) is 38.5 Å². The zero-order chi connectivity index (χ0) is 21.6. The Hall–Kier alpha value is -0.182. The Bertz CT molecular complexity index is 566. The first-order valence-electron chi connectivity index (χ1n) is 9.52. The third-order valence-corrected chi connectivity index (χ3v) is 13.3. The first-order valence-corrected chi connectivity index (χ1v) is 12.3. The van der Waals surface area contributed by atoms with Crippen LogP contribution in [-0.2, 0) is 38.6 Å². The predicted molar refractivity (Wildman–Crippen MR) is 107 cm³/mol. The van der Waals surface area contributed by atoms with Crippen LogP contribution < -0.4 is 4.70 Å². The second-order valence-electron chi connectivity index (χ2n) is 7.34. The molecule has 0 aromatic heterocycles. The summed E-state index contributed by atoms with van der Waals surface area (Å²) in [7, 11) is -5.56. The van der Waals surface area contributed by atoms with E-state index in [0.717, 1.165) is 17.4 Å². The molecular formula is C17H27BF4O4P2Rh. The van der Waals surface area contributed by atoms with E-state index >= 15 is 0 Å². The van der Waals surface area contributed by atoms with Crippen molar-refractivity contribution in [1.29, 1.82) is 0 Å². The van der Waals surface area contributed by atoms with Crippen LogP contribution in [0.1, 0.15) is 54.7 Å². The van der Waals surface area contributed by atoms with Crippen molar-refractivity contribution in [3.05, 3.63) is 10.6 Å². The number of hydrogen-bond acceptors (Lipinski definition) is 4. The van der Waals surface area contributed by atoms with Gasteiger partial charge in [0, 0.05) is 19.5 Å². The van der Waals surface area contributed by atoms with Crippen LogP contribution in [0.25, 0.3) is 0 Å². The monoisotopic (exact) mass is 548 g/mol. The van der Waals surface area contributed by atoms with Crippen LogP contribution in [0.5, 0.6) is 0 Å². The Kier molecular flexibility index (Phi) is 13.9. The maximum atomic E-state index is 12.4. The van der Waals surface area contributed by atoms with E-state index in [1.807, 2.05) is 0 Å². The van der Waals surface area contributed by atoms with Crippen molar-refractivity contribution < 1.29 is 57.6 Å². The third-order valence-electron chi connectivity index (χ3n) is 5.61. The molecule has 3 aliphatic rings. The van der Waals surface area contributed by atoms with Gasteiger partial charge in [0.15, 0.2) is 0 Å². The molecule has 3 aliphatic heterocycles. The molecule has 2 fully saturated rings. The van der Waals surface area contributed by atoms with Crippen molar-refractivity contribution in [2.45, 2.75) is 76.0 Å². The summed E-state index contributed by atoms with van der Waals surface area (Å²) >= 11 is 0. The molecule has 0 bridgehead atoms. The van der Waals surface area contributed by atoms with E-state index in [2.05, 4.69) is 27.7 Å². The number of esters is 2. The normalized spacial score (nSPS) is 29.4. The van der Waals surface area contributed by atoms with E-state index in [4.69, 9.17) is 10.9 Å². The molecule has 0 amide bonds. The van der Waals surface area contributed by atoms with Crippen molar-refractivity contribution in [3.63, 3.8) is 0 Å². The number of cyclic esters (lactones) is 2. The van der Waals surface area contributed by atoms with Gasteiger partial charge in [-0.15, -0.1) is 0 Å². The van der Waals surface area contributed by atoms with Crippen LogP contribution in [0.3, 0.4) is 0 Å². The topological polar surface area (TPSA) is 60.4 Å². The minimum atomic E-state index is -3.67. The summed E-state index contributed by atoms with van der Waals surface area (Å²) in [5.74, 6) is -0.568. The first-order chi connectivity index (χ1) is 13.1. The van der Waals surface area contributed by atoms with Crippen LogP contribution >= 0.6 is 15.8 Å². The molecule has 1 radical (unpaired) electrons. The molecule has 0 aromatic carbocycles. The molecule has 3 rings (SSSR count). The quantitative estimate of drug-likeness (QED) is 0.0999. The Morgan fingerprint density at radius 1 is 0.897 bits per heavy atom. The molecule has 169 valence electrons. The van der Waals surface area contributed by atoms with Gasteiger partial charge in [-0.25, -0.2) is 9.59 Å². The summed E-state index contributed by atoms with van der Waals surface area (Å²) < 4.78 is 39.5. The van der Waals surface area contributed by atoms with E-state index in [1.54, 1.807) is 0 Å². The SMILES string of the molecule is C[C@H]1CC[C@H](C)[PH+]1C1=C([PH+]2[C@@H](C)CC[C@@H]2C)C(=O)OC1=O.FB(F)F.[2H][C-]=O.[F-].[Rh]. The fourth-order valence-electron chi connectivity index (χ4n) is 4.49. The Balaban J connectivity index is 0. The minimum Gasteiger partial charge on any atom is -1.00 e. The van der Waals surface area contributed by atoms with Gasteiger partial charge < -0.3 is 14.2 Å². The van der Waals surface area contributed by atoms with E-state index in [1.165, 1.54) is 25.7 Å². The molecule has 0 spiro atoms. The number of hydrogen-bond donors (Lipinski definition) is 0. The molecule has 0 aliphatic carbocycles. The molecule has 3 heterocycles. The zero-order valence-corrected chi connectivity index (χ0v) is 20.3. The summed E-state index contributed by atoms with van der Waals surface area (Å²) in [6.07, 6.45) is 4.78. The molecule has 0 unspecified atom stereocenters. The molecule has 4 atom stereocenters. The van der Waals surface area contributed by atoms with Gasteiger partial charge in [0.1, 0.15) is 0 Å². The molecule has 4 nitrogen and oxygen atoms in total. The average molecular weight is 548 g/mol. The first kappa shape index (κ1) is 28.8. The molecule has 0 saturated carbocycles. The van der Waals surface area contributed by atoms with Crippen LogP contribution in [0, 0.1) is 0 Å². The van der Waals surface area contributed by atoms with Crippen molar-refractivity contribution in [1.82, 2.24) is 0 Å². The summed E-state index contributed by atoms with van der Waals surface area (Å²) in [6, 6.07) is 0. The van der Waals surface area contributed by atoms with Gasteiger partial charge in [-0.1, -0.05) is 0 Å². The van der Waals surface area contributed by atoms with Crippen LogP contribution in [-0.4, -0.2) is 48.9 Å². The van der Waals surface area contributed by atoms with Gasteiger partial charge in [0.25, 0.3) is 0 Å². The number of carbonyl (C=O) groups excluding carboxylic acids is 3. The standard InChI is InChI=1S/C16H24O3P2.CHO.BF3.FH.Rh/c1-9-5-6-10(2)20(9)13-14(16(18)19-15(13)17)21-11(3)7-8-12(21)4;1-2;2-1(3)4;;/h9-12H,5-8H2,1-4H3;1H;;1H;/q;-1;;;/p+1/t9-,10-,11-,12-;;;;/m0..../s1/i;1D;;;. The smallest absolute Gasteiger partial charge is 0.762 e. The van der Waals surface area contributed by atoms with Gasteiger partial charge in [-0.2, -0.15) is 1.37 Å². The van der Waals surface area contributed by atoms with Crippen LogP contribution in [0.4, 0.5) is 12.9 Å². The van der Waals surface area contributed by atoms with Crippen molar-refractivity contribution in [3.8, 4) is 0 Å². The summed E-state index contributed by atoms with van der Waals surface area (Å²) in [4.78, 5) is 33.1. The van der Waals surface area contributed by atoms with Gasteiger partial charge in [-0.3, -0.25) is 19.7 Å². The molecule has 2 saturated heterocycles. The number of halogens is 4. The average Bonchev–Trinajstić information content (AvgIpc) is 3.17. The van der Waals surface area contributed by atoms with Crippen LogP contribution in [0.15, 0.2) is 10.6 Å². The largest absolute Gasteiger partial charge is 1.00 e. The molecular weight excluding hydrogens is 520 g/mol. The fraction of sp³-hybridized carbons (Fsp3) is 0.706. The van der Waals surface area contributed by atoms with Crippen molar-refractivity contribution >= 4 is 42.1 Å². The Labute approximate surface area is 186 Å². The van der Waals surface area contributed by atoms with Crippen LogP contribution in [0.2, 0.25) is 0 Å². The number of carbonyl (C=O) groups is 2. The molecule has 12 heteroatoms.